The van der Waals surface area contributed by atoms with Crippen molar-refractivity contribution in [2.75, 3.05) is 0 Å². The molecule has 0 nitrogen and oxygen atoms in total. The molecule has 0 aromatic heterocycles. The molecular weight excluding hydrogens is 140 g/mol. The topological polar surface area (TPSA) is 0 Å². The normalized spacial score (nSPS) is 7.67. The average molecular weight is 147 g/mol. The molecule has 34 valence electrons. The van der Waals surface area contributed by atoms with Crippen LogP contribution in [-0.2, 0) is 0 Å². The summed E-state index contributed by atoms with van der Waals surface area (Å²) in [6, 6.07) is 0. The van der Waals surface area contributed by atoms with Gasteiger partial charge in [-0.25, -0.2) is 0 Å². The van der Waals surface area contributed by atoms with Gasteiger partial charge in [-0.05, 0) is 12.5 Å². The quantitative estimate of drug-likeness (QED) is 0.499. The summed E-state index contributed by atoms with van der Waals surface area (Å²) in [5.74, 6) is 0. The molecule has 0 rings (SSSR count). The minimum absolute atomic E-state index is 0.877. The molecule has 0 heterocycles. The van der Waals surface area contributed by atoms with E-state index in [0.717, 1.165) is 10.1 Å². The first-order valence-corrected chi connectivity index (χ1v) is 2.44. The minimum atomic E-state index is 0.877. The van der Waals surface area contributed by atoms with E-state index >= 15 is 0 Å². The molecule has 0 bridgehead atoms. The third-order valence-electron chi connectivity index (χ3n) is 0.463. The third-order valence-corrected chi connectivity index (χ3v) is 1.14. The number of hydrogen-bond acceptors (Lipinski definition) is 0. The molecule has 0 aromatic carbocycles. The van der Waals surface area contributed by atoms with Gasteiger partial charge in [0.25, 0.3) is 0 Å². The summed E-state index contributed by atoms with van der Waals surface area (Å²) in [6.07, 6.45) is 0. The number of halogens is 1. The highest BCUT2D eigenvalue weighted by Gasteiger charge is 1.80. The summed E-state index contributed by atoms with van der Waals surface area (Å²) < 4.78 is 0.877. The Morgan fingerprint density at radius 2 is 1.67 bits per heavy atom. The van der Waals surface area contributed by atoms with Gasteiger partial charge in [0.2, 0.25) is 0 Å². The highest BCUT2D eigenvalue weighted by Crippen LogP contribution is 2.09. The van der Waals surface area contributed by atoms with E-state index in [1.54, 1.807) is 0 Å². The lowest BCUT2D eigenvalue weighted by atomic mass is 10.4. The van der Waals surface area contributed by atoms with E-state index < -0.39 is 0 Å². The predicted molar refractivity (Wildman–Crippen MR) is 32.9 cm³/mol. The molecule has 0 aromatic rings. The molecule has 6 heavy (non-hydrogen) atoms. The van der Waals surface area contributed by atoms with E-state index in [-0.39, 0.29) is 0 Å². The Labute approximate surface area is 46.7 Å². The van der Waals surface area contributed by atoms with Crippen LogP contribution in [0.15, 0.2) is 23.2 Å². The highest BCUT2D eigenvalue weighted by atomic mass is 79.9. The highest BCUT2D eigenvalue weighted by molar-refractivity contribution is 9.11. The van der Waals surface area contributed by atoms with Gasteiger partial charge in [-0.15, -0.1) is 0 Å². The fourth-order valence-corrected chi connectivity index (χ4v) is 0. The van der Waals surface area contributed by atoms with Crippen LogP contribution in [0.4, 0.5) is 0 Å². The van der Waals surface area contributed by atoms with Crippen LogP contribution in [0, 0.1) is 0 Å². The van der Waals surface area contributed by atoms with Crippen LogP contribution < -0.4 is 0 Å². The second kappa shape index (κ2) is 2.19. The molecule has 0 aliphatic heterocycles. The van der Waals surface area contributed by atoms with Crippen molar-refractivity contribution in [1.82, 2.24) is 0 Å². The second-order valence-corrected chi connectivity index (χ2v) is 2.14. The van der Waals surface area contributed by atoms with Gasteiger partial charge in [0.1, 0.15) is 0 Å². The average Bonchev–Trinajstić information content (AvgIpc) is 1.36. The van der Waals surface area contributed by atoms with Crippen LogP contribution in [-0.4, -0.2) is 0 Å². The van der Waals surface area contributed by atoms with Crippen molar-refractivity contribution in [3.05, 3.63) is 23.2 Å². The van der Waals surface area contributed by atoms with Crippen LogP contribution in [0.2, 0.25) is 0 Å². The third kappa shape index (κ3) is 2.21. The van der Waals surface area contributed by atoms with Gasteiger partial charge in [0.05, 0.1) is 0 Å². The van der Waals surface area contributed by atoms with Crippen molar-refractivity contribution in [2.24, 2.45) is 0 Å². The smallest absolute Gasteiger partial charge is 0.0126 e. The summed E-state index contributed by atoms with van der Waals surface area (Å²) in [4.78, 5) is 0. The van der Waals surface area contributed by atoms with Crippen molar-refractivity contribution in [3.8, 4) is 0 Å². The lowest BCUT2D eigenvalue weighted by Gasteiger charge is -1.85. The Kier molecular flexibility index (Phi) is 2.18. The summed E-state index contributed by atoms with van der Waals surface area (Å²) >= 11 is 3.14. The Morgan fingerprint density at radius 3 is 1.67 bits per heavy atom. The Bertz CT molecular complexity index is 69.9. The zero-order chi connectivity index (χ0) is 5.15. The Morgan fingerprint density at radius 1 is 1.50 bits per heavy atom. The van der Waals surface area contributed by atoms with Crippen molar-refractivity contribution in [1.29, 1.82) is 0 Å². The zero-order valence-electron chi connectivity index (χ0n) is 3.79. The Balaban J connectivity index is 3.57. The van der Waals surface area contributed by atoms with E-state index in [1.807, 2.05) is 6.92 Å². The number of allylic oxidation sites excluding steroid dienone is 2. The molecule has 0 saturated heterocycles. The van der Waals surface area contributed by atoms with Gasteiger partial charge >= 0.3 is 0 Å². The summed E-state index contributed by atoms with van der Waals surface area (Å²) in [7, 11) is 0. The predicted octanol–water partition coefficient (Wildman–Crippen LogP) is 2.47. The van der Waals surface area contributed by atoms with Crippen molar-refractivity contribution in [2.45, 2.75) is 6.92 Å². The van der Waals surface area contributed by atoms with Gasteiger partial charge in [-0.3, -0.25) is 0 Å². The molecule has 0 spiro atoms. The molecule has 0 aliphatic carbocycles. The fraction of sp³-hybridized carbons (Fsp3) is 0.200. The second-order valence-electron chi connectivity index (χ2n) is 1.19. The minimum Gasteiger partial charge on any atom is -0.0950 e. The van der Waals surface area contributed by atoms with Gasteiger partial charge in [0, 0.05) is 4.48 Å². The molecule has 0 fully saturated rings. The van der Waals surface area contributed by atoms with Crippen LogP contribution in [0.25, 0.3) is 0 Å². The van der Waals surface area contributed by atoms with Gasteiger partial charge in [-0.2, -0.15) is 0 Å². The SMILES string of the molecule is C=C(C)C(=C)Br. The first-order valence-electron chi connectivity index (χ1n) is 1.65. The lowest BCUT2D eigenvalue weighted by molar-refractivity contribution is 1.56. The summed E-state index contributed by atoms with van der Waals surface area (Å²) in [6.45, 7) is 9.08. The maximum absolute atomic E-state index is 3.61. The van der Waals surface area contributed by atoms with Gasteiger partial charge in [0.15, 0.2) is 0 Å². The summed E-state index contributed by atoms with van der Waals surface area (Å²) in [5, 5.41) is 0. The summed E-state index contributed by atoms with van der Waals surface area (Å²) in [5.41, 5.74) is 0.981. The largest absolute Gasteiger partial charge is 0.0950 e. The number of rotatable bonds is 1. The maximum Gasteiger partial charge on any atom is 0.0126 e. The van der Waals surface area contributed by atoms with E-state index in [2.05, 4.69) is 29.1 Å². The monoisotopic (exact) mass is 146 g/mol. The molecule has 0 atom stereocenters. The fourth-order valence-electron chi connectivity index (χ4n) is 0. The van der Waals surface area contributed by atoms with Crippen molar-refractivity contribution < 1.29 is 0 Å². The number of hydrogen-bond donors (Lipinski definition) is 0. The lowest BCUT2D eigenvalue weighted by Crippen LogP contribution is -1.62. The van der Waals surface area contributed by atoms with E-state index in [1.165, 1.54) is 0 Å². The molecule has 0 amide bonds. The Hall–Kier alpha value is -0.0400. The van der Waals surface area contributed by atoms with Crippen LogP contribution in [0.1, 0.15) is 6.92 Å². The molecule has 0 saturated carbocycles. The molecule has 0 aliphatic rings. The molecule has 0 unspecified atom stereocenters. The molecule has 0 radical (unpaired) electrons. The van der Waals surface area contributed by atoms with Crippen LogP contribution in [0.5, 0.6) is 0 Å². The van der Waals surface area contributed by atoms with E-state index in [4.69, 9.17) is 0 Å². The van der Waals surface area contributed by atoms with Crippen LogP contribution >= 0.6 is 15.9 Å². The first kappa shape index (κ1) is 5.96. The van der Waals surface area contributed by atoms with E-state index in [0.29, 0.717) is 0 Å². The molecule has 1 heteroatoms. The van der Waals surface area contributed by atoms with Crippen molar-refractivity contribution >= 4 is 15.9 Å². The van der Waals surface area contributed by atoms with E-state index in [9.17, 15) is 0 Å². The maximum atomic E-state index is 3.61. The molecule has 0 N–H and O–H groups in total. The standard InChI is InChI=1S/C5H7Br/c1-4(2)5(3)6/h1,3H2,2H3. The first-order chi connectivity index (χ1) is 2.64. The van der Waals surface area contributed by atoms with Crippen molar-refractivity contribution in [3.63, 3.8) is 0 Å². The molecular formula is C5H7Br. The van der Waals surface area contributed by atoms with Gasteiger partial charge < -0.3 is 0 Å². The zero-order valence-corrected chi connectivity index (χ0v) is 5.38. The van der Waals surface area contributed by atoms with Gasteiger partial charge in [-0.1, -0.05) is 29.1 Å². The van der Waals surface area contributed by atoms with Crippen LogP contribution in [0.3, 0.4) is 0 Å².